The van der Waals surface area contributed by atoms with Crippen molar-refractivity contribution in [3.05, 3.63) is 85.9 Å². The first-order valence-corrected chi connectivity index (χ1v) is 12.1. The van der Waals surface area contributed by atoms with Crippen molar-refractivity contribution >= 4 is 46.7 Å². The Bertz CT molecular complexity index is 1290. The fraction of sp³-hybridized carbons (Fsp3) is 0.231. The number of carboxylic acid groups (broad SMARTS) is 1. The Morgan fingerprint density at radius 2 is 1.89 bits per heavy atom. The summed E-state index contributed by atoms with van der Waals surface area (Å²) in [5.41, 5.74) is 2.67. The number of aliphatic carboxylic acids is 1. The van der Waals surface area contributed by atoms with Crippen molar-refractivity contribution in [2.45, 2.75) is 25.7 Å². The van der Waals surface area contributed by atoms with Gasteiger partial charge in [0.05, 0.1) is 17.5 Å². The zero-order valence-corrected chi connectivity index (χ0v) is 21.0. The van der Waals surface area contributed by atoms with Crippen LogP contribution in [0.1, 0.15) is 39.4 Å². The molecule has 1 aliphatic rings. The van der Waals surface area contributed by atoms with Gasteiger partial charge < -0.3 is 19.9 Å². The second kappa shape index (κ2) is 10.8. The van der Waals surface area contributed by atoms with Crippen LogP contribution in [0.2, 0.25) is 15.1 Å². The Morgan fingerprint density at radius 1 is 1.09 bits per heavy atom. The minimum absolute atomic E-state index is 0.209. The van der Waals surface area contributed by atoms with Gasteiger partial charge in [0.1, 0.15) is 17.2 Å². The highest BCUT2D eigenvalue weighted by atomic mass is 35.5. The molecule has 0 spiro atoms. The lowest BCUT2D eigenvalue weighted by Gasteiger charge is -2.24. The first kappa shape index (κ1) is 25.2. The summed E-state index contributed by atoms with van der Waals surface area (Å²) in [7, 11) is 0. The van der Waals surface area contributed by atoms with E-state index in [0.29, 0.717) is 64.4 Å². The maximum absolute atomic E-state index is 12.7. The van der Waals surface area contributed by atoms with Crippen LogP contribution in [-0.4, -0.2) is 30.1 Å². The van der Waals surface area contributed by atoms with Crippen LogP contribution in [0.5, 0.6) is 17.2 Å². The minimum atomic E-state index is -0.917. The molecular weight excluding hydrogens is 513 g/mol. The Morgan fingerprint density at radius 3 is 2.60 bits per heavy atom. The normalized spacial score (nSPS) is 14.6. The number of ether oxygens (including phenoxy) is 2. The topological polar surface area (TPSA) is 84.9 Å². The van der Waals surface area contributed by atoms with E-state index in [9.17, 15) is 14.7 Å². The summed E-state index contributed by atoms with van der Waals surface area (Å²) < 4.78 is 11.6. The van der Waals surface area contributed by atoms with Gasteiger partial charge in [-0.1, -0.05) is 40.9 Å². The SMILES string of the molecule is Cc1cc(Oc2cc3c(cc2Cl)C(C(=O)O)CCO3)ccc1C(=O)NCCc1ccc(Cl)cc1Cl. The second-order valence-corrected chi connectivity index (χ2v) is 9.42. The maximum Gasteiger partial charge on any atom is 0.311 e. The quantitative estimate of drug-likeness (QED) is 0.354. The van der Waals surface area contributed by atoms with Gasteiger partial charge in [-0.3, -0.25) is 9.59 Å². The molecule has 9 heteroatoms. The Kier molecular flexibility index (Phi) is 7.75. The highest BCUT2D eigenvalue weighted by molar-refractivity contribution is 6.35. The maximum atomic E-state index is 12.7. The lowest BCUT2D eigenvalue weighted by atomic mass is 9.93. The average molecular weight is 535 g/mol. The molecule has 0 aliphatic carbocycles. The number of nitrogens with one attached hydrogen (secondary N) is 1. The van der Waals surface area contributed by atoms with Gasteiger partial charge in [0.25, 0.3) is 5.91 Å². The molecule has 4 rings (SSSR count). The van der Waals surface area contributed by atoms with Crippen molar-refractivity contribution < 1.29 is 24.2 Å². The van der Waals surface area contributed by atoms with Gasteiger partial charge in [-0.25, -0.2) is 0 Å². The molecule has 1 heterocycles. The molecule has 1 aliphatic heterocycles. The predicted octanol–water partition coefficient (Wildman–Crippen LogP) is 6.67. The fourth-order valence-corrected chi connectivity index (χ4v) is 4.65. The van der Waals surface area contributed by atoms with Crippen molar-refractivity contribution in [2.24, 2.45) is 0 Å². The summed E-state index contributed by atoms with van der Waals surface area (Å²) in [5, 5.41) is 13.7. The van der Waals surface area contributed by atoms with Crippen LogP contribution in [0.25, 0.3) is 0 Å². The Balaban J connectivity index is 1.43. The molecule has 182 valence electrons. The van der Waals surface area contributed by atoms with E-state index in [1.807, 2.05) is 13.0 Å². The van der Waals surface area contributed by atoms with Crippen LogP contribution < -0.4 is 14.8 Å². The number of benzene rings is 3. The monoisotopic (exact) mass is 533 g/mol. The minimum Gasteiger partial charge on any atom is -0.493 e. The summed E-state index contributed by atoms with van der Waals surface area (Å²) in [5.74, 6) is -0.524. The van der Waals surface area contributed by atoms with Crippen LogP contribution in [0, 0.1) is 6.92 Å². The lowest BCUT2D eigenvalue weighted by molar-refractivity contribution is -0.139. The summed E-state index contributed by atoms with van der Waals surface area (Å²) in [4.78, 5) is 24.2. The van der Waals surface area contributed by atoms with Crippen LogP contribution in [0.4, 0.5) is 0 Å². The molecule has 1 amide bonds. The molecule has 0 saturated heterocycles. The van der Waals surface area contributed by atoms with E-state index >= 15 is 0 Å². The summed E-state index contributed by atoms with van der Waals surface area (Å²) in [6.07, 6.45) is 0.956. The molecule has 6 nitrogen and oxygen atoms in total. The molecule has 0 bridgehead atoms. The number of halogens is 3. The van der Waals surface area contributed by atoms with Crippen LogP contribution >= 0.6 is 34.8 Å². The number of carboxylic acids is 1. The van der Waals surface area contributed by atoms with Crippen molar-refractivity contribution in [1.82, 2.24) is 5.32 Å². The number of hydrogen-bond donors (Lipinski definition) is 2. The Labute approximate surface area is 217 Å². The molecule has 0 fully saturated rings. The third-order valence-electron chi connectivity index (χ3n) is 5.77. The van der Waals surface area contributed by atoms with E-state index in [-0.39, 0.29) is 10.9 Å². The first-order valence-electron chi connectivity index (χ1n) is 10.9. The largest absolute Gasteiger partial charge is 0.493 e. The van der Waals surface area contributed by atoms with Gasteiger partial charge in [-0.15, -0.1) is 0 Å². The number of aryl methyl sites for hydroxylation is 1. The van der Waals surface area contributed by atoms with Crippen molar-refractivity contribution in [1.29, 1.82) is 0 Å². The highest BCUT2D eigenvalue weighted by Crippen LogP contribution is 2.42. The number of carbonyl (C=O) groups is 2. The molecular formula is C26H22Cl3NO5. The van der Waals surface area contributed by atoms with Crippen LogP contribution in [0.3, 0.4) is 0 Å². The summed E-state index contributed by atoms with van der Waals surface area (Å²) in [6.45, 7) is 2.53. The third-order valence-corrected chi connectivity index (χ3v) is 6.65. The molecule has 3 aromatic carbocycles. The van der Waals surface area contributed by atoms with E-state index in [1.54, 1.807) is 42.5 Å². The van der Waals surface area contributed by atoms with Crippen molar-refractivity contribution in [3.8, 4) is 17.2 Å². The van der Waals surface area contributed by atoms with Crippen molar-refractivity contribution in [2.75, 3.05) is 13.2 Å². The Hall–Kier alpha value is -2.93. The third kappa shape index (κ3) is 5.84. The molecule has 0 radical (unpaired) electrons. The van der Waals surface area contributed by atoms with Gasteiger partial charge in [-0.05, 0) is 67.3 Å². The standard InChI is InChI=1S/C26H22Cl3NO5/c1-14-10-17(35-24-13-23-20(12-22(24)29)19(26(32)33)7-9-34-23)4-5-18(14)25(31)30-8-6-15-2-3-16(27)11-21(15)28/h2-5,10-13,19H,6-9H2,1H3,(H,30,31)(H,32,33). The molecule has 3 aromatic rings. The van der Waals surface area contributed by atoms with Crippen LogP contribution in [0.15, 0.2) is 48.5 Å². The van der Waals surface area contributed by atoms with Gasteiger partial charge in [0.15, 0.2) is 0 Å². The molecule has 1 unspecified atom stereocenters. The zero-order valence-electron chi connectivity index (χ0n) is 18.7. The van der Waals surface area contributed by atoms with Crippen molar-refractivity contribution in [3.63, 3.8) is 0 Å². The smallest absolute Gasteiger partial charge is 0.311 e. The van der Waals surface area contributed by atoms with Gasteiger partial charge >= 0.3 is 5.97 Å². The van der Waals surface area contributed by atoms with Gasteiger partial charge in [0.2, 0.25) is 0 Å². The first-order chi connectivity index (χ1) is 16.7. The van der Waals surface area contributed by atoms with E-state index in [4.69, 9.17) is 44.3 Å². The second-order valence-electron chi connectivity index (χ2n) is 8.17. The molecule has 0 saturated carbocycles. The van der Waals surface area contributed by atoms with E-state index in [1.165, 1.54) is 0 Å². The van der Waals surface area contributed by atoms with Crippen LogP contribution in [-0.2, 0) is 11.2 Å². The number of amides is 1. The van der Waals surface area contributed by atoms with Gasteiger partial charge in [0, 0.05) is 33.8 Å². The van der Waals surface area contributed by atoms with E-state index in [2.05, 4.69) is 5.32 Å². The predicted molar refractivity (Wildman–Crippen MR) is 136 cm³/mol. The number of carbonyl (C=O) groups excluding carboxylic acids is 1. The molecule has 35 heavy (non-hydrogen) atoms. The highest BCUT2D eigenvalue weighted by Gasteiger charge is 2.29. The van der Waals surface area contributed by atoms with Gasteiger partial charge in [-0.2, -0.15) is 0 Å². The number of rotatable bonds is 7. The zero-order chi connectivity index (χ0) is 25.1. The average Bonchev–Trinajstić information content (AvgIpc) is 2.80. The number of hydrogen-bond acceptors (Lipinski definition) is 4. The fourth-order valence-electron chi connectivity index (χ4n) is 3.94. The summed E-state index contributed by atoms with van der Waals surface area (Å²) >= 11 is 18.5. The van der Waals surface area contributed by atoms with E-state index < -0.39 is 11.9 Å². The molecule has 1 atom stereocenters. The molecule has 0 aromatic heterocycles. The van der Waals surface area contributed by atoms with E-state index in [0.717, 1.165) is 11.1 Å². The lowest BCUT2D eigenvalue weighted by Crippen LogP contribution is -2.26. The molecule has 2 N–H and O–H groups in total. The number of fused-ring (bicyclic) bond motifs is 1. The summed E-state index contributed by atoms with van der Waals surface area (Å²) in [6, 6.07) is 13.5.